The molecule has 0 aliphatic carbocycles. The lowest BCUT2D eigenvalue weighted by molar-refractivity contribution is 0.0643. The van der Waals surface area contributed by atoms with Crippen LogP contribution in [0.1, 0.15) is 22.8 Å². The Balaban J connectivity index is 1.34. The number of hydrogen-bond acceptors (Lipinski definition) is 6. The van der Waals surface area contributed by atoms with Crippen molar-refractivity contribution in [2.24, 2.45) is 0 Å². The normalized spacial score (nSPS) is 14.0. The average Bonchev–Trinajstić information content (AvgIpc) is 3.40. The molecule has 5 rings (SSSR count). The molecule has 0 N–H and O–H groups in total. The lowest BCUT2D eigenvalue weighted by Gasteiger charge is -2.34. The molecule has 2 heterocycles. The molecule has 1 aliphatic rings. The molecule has 196 valence electrons. The van der Waals surface area contributed by atoms with Gasteiger partial charge in [-0.3, -0.25) is 9.36 Å². The van der Waals surface area contributed by atoms with Crippen LogP contribution in [0.25, 0.3) is 17.1 Å². The van der Waals surface area contributed by atoms with Gasteiger partial charge in [-0.2, -0.15) is 0 Å². The molecule has 9 heteroatoms. The van der Waals surface area contributed by atoms with Crippen molar-refractivity contribution in [3.63, 3.8) is 0 Å². The SMILES string of the molecule is CCN1CCN(C(=O)c2ccc(CSc3nnc(-c4cccc(OC)c4)n3-c3cccc(Cl)c3)cc2)CC1. The summed E-state index contributed by atoms with van der Waals surface area (Å²) in [6.07, 6.45) is 0. The fourth-order valence-electron chi connectivity index (χ4n) is 4.50. The monoisotopic (exact) mass is 547 g/mol. The van der Waals surface area contributed by atoms with Crippen molar-refractivity contribution in [1.82, 2.24) is 24.6 Å². The van der Waals surface area contributed by atoms with Crippen LogP contribution >= 0.6 is 23.4 Å². The number of methoxy groups -OCH3 is 1. The number of ether oxygens (including phenoxy) is 1. The first kappa shape index (κ1) is 26.3. The largest absolute Gasteiger partial charge is 0.497 e. The number of piperazine rings is 1. The number of halogens is 1. The van der Waals surface area contributed by atoms with Gasteiger partial charge in [0, 0.05) is 48.1 Å². The van der Waals surface area contributed by atoms with E-state index in [1.807, 2.05) is 82.3 Å². The molecule has 0 radical (unpaired) electrons. The number of nitrogens with zero attached hydrogens (tertiary/aromatic N) is 5. The number of hydrogen-bond donors (Lipinski definition) is 0. The van der Waals surface area contributed by atoms with E-state index in [9.17, 15) is 4.79 Å². The molecule has 0 spiro atoms. The topological polar surface area (TPSA) is 63.5 Å². The van der Waals surface area contributed by atoms with Gasteiger partial charge in [-0.1, -0.05) is 60.6 Å². The lowest BCUT2D eigenvalue weighted by Crippen LogP contribution is -2.48. The average molecular weight is 548 g/mol. The van der Waals surface area contributed by atoms with Gasteiger partial charge < -0.3 is 14.5 Å². The molecule has 1 saturated heterocycles. The molecule has 0 bridgehead atoms. The highest BCUT2D eigenvalue weighted by atomic mass is 35.5. The van der Waals surface area contributed by atoms with Crippen LogP contribution in [-0.2, 0) is 5.75 Å². The van der Waals surface area contributed by atoms with E-state index >= 15 is 0 Å². The first-order valence-electron chi connectivity index (χ1n) is 12.6. The van der Waals surface area contributed by atoms with Crippen LogP contribution in [0.4, 0.5) is 0 Å². The molecule has 0 saturated carbocycles. The van der Waals surface area contributed by atoms with Gasteiger partial charge in [0.25, 0.3) is 5.91 Å². The van der Waals surface area contributed by atoms with Gasteiger partial charge in [0.15, 0.2) is 11.0 Å². The third-order valence-corrected chi connectivity index (χ3v) is 7.94. The van der Waals surface area contributed by atoms with E-state index in [0.29, 0.717) is 16.6 Å². The molecule has 1 aromatic heterocycles. The van der Waals surface area contributed by atoms with Gasteiger partial charge in [0.2, 0.25) is 0 Å². The van der Waals surface area contributed by atoms with E-state index in [2.05, 4.69) is 22.0 Å². The second kappa shape index (κ2) is 12.0. The zero-order valence-electron chi connectivity index (χ0n) is 21.5. The van der Waals surface area contributed by atoms with Gasteiger partial charge in [-0.15, -0.1) is 10.2 Å². The van der Waals surface area contributed by atoms with E-state index in [0.717, 1.165) is 66.0 Å². The Hall–Kier alpha value is -3.33. The first-order chi connectivity index (χ1) is 18.6. The maximum atomic E-state index is 13.0. The highest BCUT2D eigenvalue weighted by Gasteiger charge is 2.21. The molecule has 38 heavy (non-hydrogen) atoms. The second-order valence-corrected chi connectivity index (χ2v) is 10.4. The van der Waals surface area contributed by atoms with Gasteiger partial charge in [0.05, 0.1) is 12.8 Å². The second-order valence-electron chi connectivity index (χ2n) is 9.07. The highest BCUT2D eigenvalue weighted by Crippen LogP contribution is 2.32. The zero-order valence-corrected chi connectivity index (χ0v) is 23.1. The van der Waals surface area contributed by atoms with E-state index < -0.39 is 0 Å². The summed E-state index contributed by atoms with van der Waals surface area (Å²) in [6.45, 7) is 6.61. The van der Waals surface area contributed by atoms with Gasteiger partial charge in [0.1, 0.15) is 5.75 Å². The predicted molar refractivity (Wildman–Crippen MR) is 152 cm³/mol. The van der Waals surface area contributed by atoms with Crippen LogP contribution in [0.2, 0.25) is 5.02 Å². The molecular weight excluding hydrogens is 518 g/mol. The maximum Gasteiger partial charge on any atom is 0.253 e. The quantitative estimate of drug-likeness (QED) is 0.265. The van der Waals surface area contributed by atoms with Gasteiger partial charge in [-0.25, -0.2) is 0 Å². The van der Waals surface area contributed by atoms with Crippen molar-refractivity contribution in [3.8, 4) is 22.8 Å². The van der Waals surface area contributed by atoms with Crippen molar-refractivity contribution >= 4 is 29.3 Å². The van der Waals surface area contributed by atoms with Crippen molar-refractivity contribution in [2.75, 3.05) is 39.8 Å². The Labute approximate surface area is 232 Å². The first-order valence-corrected chi connectivity index (χ1v) is 14.0. The van der Waals surface area contributed by atoms with E-state index in [-0.39, 0.29) is 5.91 Å². The Morgan fingerprint density at radius 1 is 0.974 bits per heavy atom. The fraction of sp³-hybridized carbons (Fsp3) is 0.276. The molecular formula is C29H30ClN5O2S. The van der Waals surface area contributed by atoms with Gasteiger partial charge >= 0.3 is 0 Å². The number of amides is 1. The van der Waals surface area contributed by atoms with E-state index in [1.165, 1.54) is 0 Å². The van der Waals surface area contributed by atoms with E-state index in [1.54, 1.807) is 18.9 Å². The third kappa shape index (κ3) is 5.88. The summed E-state index contributed by atoms with van der Waals surface area (Å²) >= 11 is 7.92. The third-order valence-electron chi connectivity index (χ3n) is 6.70. The minimum absolute atomic E-state index is 0.101. The zero-order chi connectivity index (χ0) is 26.5. The standard InChI is InChI=1S/C29H30ClN5O2S/c1-3-33-14-16-34(17-15-33)28(36)22-12-10-21(11-13-22)20-38-29-32-31-27(23-6-4-9-26(18-23)37-2)35(29)25-8-5-7-24(30)19-25/h4-13,18-19H,3,14-17,20H2,1-2H3. The Morgan fingerprint density at radius 3 is 2.45 bits per heavy atom. The van der Waals surface area contributed by atoms with Crippen molar-refractivity contribution in [2.45, 2.75) is 17.8 Å². The molecule has 3 aromatic carbocycles. The summed E-state index contributed by atoms with van der Waals surface area (Å²) in [7, 11) is 1.65. The van der Waals surface area contributed by atoms with Crippen LogP contribution in [0.5, 0.6) is 5.75 Å². The van der Waals surface area contributed by atoms with Crippen molar-refractivity contribution in [3.05, 3.63) is 88.9 Å². The molecule has 1 amide bonds. The summed E-state index contributed by atoms with van der Waals surface area (Å²) in [5.41, 5.74) is 3.61. The summed E-state index contributed by atoms with van der Waals surface area (Å²) < 4.78 is 7.43. The summed E-state index contributed by atoms with van der Waals surface area (Å²) in [5, 5.41) is 10.4. The van der Waals surface area contributed by atoms with E-state index in [4.69, 9.17) is 16.3 Å². The molecule has 1 fully saturated rings. The Morgan fingerprint density at radius 2 is 1.74 bits per heavy atom. The maximum absolute atomic E-state index is 13.0. The number of thioether (sulfide) groups is 1. The molecule has 4 aromatic rings. The minimum Gasteiger partial charge on any atom is -0.497 e. The fourth-order valence-corrected chi connectivity index (χ4v) is 5.59. The summed E-state index contributed by atoms with van der Waals surface area (Å²) in [5.74, 6) is 2.24. The lowest BCUT2D eigenvalue weighted by atomic mass is 10.1. The molecule has 7 nitrogen and oxygen atoms in total. The van der Waals surface area contributed by atoms with Crippen LogP contribution in [0.15, 0.2) is 78.0 Å². The van der Waals surface area contributed by atoms with Crippen molar-refractivity contribution < 1.29 is 9.53 Å². The number of aromatic nitrogens is 3. The van der Waals surface area contributed by atoms with Crippen LogP contribution < -0.4 is 4.74 Å². The Bertz CT molecular complexity index is 1400. The number of likely N-dealkylation sites (N-methyl/N-ethyl adjacent to an activating group) is 1. The minimum atomic E-state index is 0.101. The molecule has 1 aliphatic heterocycles. The number of benzene rings is 3. The molecule has 0 unspecified atom stereocenters. The van der Waals surface area contributed by atoms with Crippen LogP contribution in [0, 0.1) is 0 Å². The van der Waals surface area contributed by atoms with Crippen molar-refractivity contribution in [1.29, 1.82) is 0 Å². The Kier molecular flexibility index (Phi) is 8.32. The van der Waals surface area contributed by atoms with Crippen LogP contribution in [0.3, 0.4) is 0 Å². The highest BCUT2D eigenvalue weighted by molar-refractivity contribution is 7.98. The van der Waals surface area contributed by atoms with Crippen LogP contribution in [-0.4, -0.2) is 70.3 Å². The number of rotatable bonds is 8. The number of carbonyl (C=O) groups excluding carboxylic acids is 1. The summed E-state index contributed by atoms with van der Waals surface area (Å²) in [4.78, 5) is 17.3. The van der Waals surface area contributed by atoms with Gasteiger partial charge in [-0.05, 0) is 54.6 Å². The predicted octanol–water partition coefficient (Wildman–Crippen LogP) is 5.67. The smallest absolute Gasteiger partial charge is 0.253 e. The molecule has 0 atom stereocenters. The summed E-state index contributed by atoms with van der Waals surface area (Å²) in [6, 6.07) is 23.3. The number of carbonyl (C=O) groups is 1.